The molecule has 19 heavy (non-hydrogen) atoms. The monoisotopic (exact) mass is 260 g/mol. The average molecular weight is 260 g/mol. The first kappa shape index (κ1) is 14.1. The van der Waals surface area contributed by atoms with Crippen molar-refractivity contribution < 1.29 is 9.53 Å². The molecular weight excluding hydrogens is 236 g/mol. The fourth-order valence-corrected chi connectivity index (χ4v) is 2.92. The molecule has 104 valence electrons. The molecular formula is C17H24O2. The minimum atomic E-state index is -0.367. The van der Waals surface area contributed by atoms with Gasteiger partial charge in [-0.1, -0.05) is 32.0 Å². The van der Waals surface area contributed by atoms with Crippen LogP contribution in [-0.4, -0.2) is 13.1 Å². The molecule has 1 aliphatic carbocycles. The number of carbonyl (C=O) groups excluding carboxylic acids is 1. The largest absolute Gasteiger partial charge is 0.469 e. The van der Waals surface area contributed by atoms with Crippen molar-refractivity contribution in [1.29, 1.82) is 0 Å². The molecule has 0 aliphatic heterocycles. The van der Waals surface area contributed by atoms with Crippen LogP contribution >= 0.6 is 0 Å². The number of rotatable bonds is 4. The van der Waals surface area contributed by atoms with Crippen molar-refractivity contribution in [3.63, 3.8) is 0 Å². The van der Waals surface area contributed by atoms with E-state index in [-0.39, 0.29) is 11.4 Å². The molecule has 1 aromatic carbocycles. The maximum absolute atomic E-state index is 11.9. The van der Waals surface area contributed by atoms with Gasteiger partial charge in [0.25, 0.3) is 0 Å². The number of methoxy groups -OCH3 is 1. The summed E-state index contributed by atoms with van der Waals surface area (Å²) in [5, 5.41) is 0. The third-order valence-electron chi connectivity index (χ3n) is 4.12. The first-order valence-electron chi connectivity index (χ1n) is 7.14. The van der Waals surface area contributed by atoms with Crippen molar-refractivity contribution >= 4 is 5.97 Å². The summed E-state index contributed by atoms with van der Waals surface area (Å²) in [6, 6.07) is 6.69. The normalized spacial score (nSPS) is 21.5. The Morgan fingerprint density at radius 2 is 2.00 bits per heavy atom. The molecule has 0 amide bonds. The Bertz CT molecular complexity index is 476. The molecule has 2 nitrogen and oxygen atoms in total. The van der Waals surface area contributed by atoms with E-state index in [2.05, 4.69) is 32.0 Å². The SMILES string of the molecule is COC(=O)C1(C)Cc2ccc(CCC(C)C)cc2C1. The van der Waals surface area contributed by atoms with Gasteiger partial charge in [-0.15, -0.1) is 0 Å². The van der Waals surface area contributed by atoms with Gasteiger partial charge in [-0.3, -0.25) is 4.79 Å². The predicted octanol–water partition coefficient (Wildman–Crippen LogP) is 3.55. The molecule has 0 fully saturated rings. The van der Waals surface area contributed by atoms with E-state index in [0.29, 0.717) is 0 Å². The Kier molecular flexibility index (Phi) is 3.98. The lowest BCUT2D eigenvalue weighted by molar-refractivity contribution is -0.151. The van der Waals surface area contributed by atoms with Gasteiger partial charge >= 0.3 is 5.97 Å². The van der Waals surface area contributed by atoms with E-state index < -0.39 is 0 Å². The zero-order valence-corrected chi connectivity index (χ0v) is 12.5. The number of benzene rings is 1. The fraction of sp³-hybridized carbons (Fsp3) is 0.588. The van der Waals surface area contributed by atoms with Crippen molar-refractivity contribution in [2.75, 3.05) is 7.11 Å². The molecule has 0 saturated heterocycles. The molecule has 2 heteroatoms. The van der Waals surface area contributed by atoms with E-state index in [4.69, 9.17) is 4.74 Å². The lowest BCUT2D eigenvalue weighted by Crippen LogP contribution is -2.29. The molecule has 1 aliphatic rings. The quantitative estimate of drug-likeness (QED) is 0.774. The Labute approximate surface area is 116 Å². The standard InChI is InChI=1S/C17H24O2/c1-12(2)5-6-13-7-8-14-10-17(3,16(18)19-4)11-15(14)9-13/h7-9,12H,5-6,10-11H2,1-4H3. The lowest BCUT2D eigenvalue weighted by Gasteiger charge is -2.19. The maximum Gasteiger partial charge on any atom is 0.312 e. The molecule has 1 atom stereocenters. The molecule has 0 spiro atoms. The van der Waals surface area contributed by atoms with Crippen molar-refractivity contribution in [3.8, 4) is 0 Å². The predicted molar refractivity (Wildman–Crippen MR) is 77.1 cm³/mol. The molecule has 1 unspecified atom stereocenters. The Morgan fingerprint density at radius 3 is 2.63 bits per heavy atom. The van der Waals surface area contributed by atoms with Crippen LogP contribution in [0.4, 0.5) is 0 Å². The number of carbonyl (C=O) groups is 1. The number of ether oxygens (including phenoxy) is 1. The van der Waals surface area contributed by atoms with Crippen LogP contribution in [0.1, 0.15) is 43.9 Å². The van der Waals surface area contributed by atoms with E-state index in [1.165, 1.54) is 30.2 Å². The van der Waals surface area contributed by atoms with Gasteiger partial charge in [0, 0.05) is 0 Å². The van der Waals surface area contributed by atoms with Crippen LogP contribution in [0.3, 0.4) is 0 Å². The second kappa shape index (κ2) is 5.36. The van der Waals surface area contributed by atoms with Gasteiger partial charge in [-0.05, 0) is 55.2 Å². The van der Waals surface area contributed by atoms with Gasteiger partial charge in [-0.2, -0.15) is 0 Å². The zero-order chi connectivity index (χ0) is 14.0. The summed E-state index contributed by atoms with van der Waals surface area (Å²) in [7, 11) is 1.48. The van der Waals surface area contributed by atoms with Crippen LogP contribution in [0.2, 0.25) is 0 Å². The third kappa shape index (κ3) is 2.99. The highest BCUT2D eigenvalue weighted by Gasteiger charge is 2.40. The number of fused-ring (bicyclic) bond motifs is 1. The van der Waals surface area contributed by atoms with Crippen molar-refractivity contribution in [2.24, 2.45) is 11.3 Å². The number of hydrogen-bond donors (Lipinski definition) is 0. The summed E-state index contributed by atoms with van der Waals surface area (Å²) < 4.78 is 4.94. The molecule has 0 radical (unpaired) electrons. The van der Waals surface area contributed by atoms with Gasteiger partial charge in [0.05, 0.1) is 12.5 Å². The van der Waals surface area contributed by atoms with Gasteiger partial charge in [0.2, 0.25) is 0 Å². The topological polar surface area (TPSA) is 26.3 Å². The van der Waals surface area contributed by atoms with Crippen LogP contribution in [0.5, 0.6) is 0 Å². The molecule has 0 heterocycles. The summed E-state index contributed by atoms with van der Waals surface area (Å²) in [5.74, 6) is 0.640. The molecule has 2 rings (SSSR count). The van der Waals surface area contributed by atoms with Gasteiger partial charge < -0.3 is 4.74 Å². The number of aryl methyl sites for hydroxylation is 1. The van der Waals surface area contributed by atoms with Crippen molar-refractivity contribution in [3.05, 3.63) is 34.9 Å². The van der Waals surface area contributed by atoms with Crippen LogP contribution in [0.15, 0.2) is 18.2 Å². The number of esters is 1. The van der Waals surface area contributed by atoms with E-state index in [1.807, 2.05) is 6.92 Å². The Balaban J connectivity index is 2.13. The Morgan fingerprint density at radius 1 is 1.32 bits per heavy atom. The average Bonchev–Trinajstić information content (AvgIpc) is 2.72. The van der Waals surface area contributed by atoms with Crippen molar-refractivity contribution in [2.45, 2.75) is 46.5 Å². The summed E-state index contributed by atoms with van der Waals surface area (Å²) in [4.78, 5) is 11.9. The van der Waals surface area contributed by atoms with E-state index in [9.17, 15) is 4.79 Å². The third-order valence-corrected chi connectivity index (χ3v) is 4.12. The smallest absolute Gasteiger partial charge is 0.312 e. The lowest BCUT2D eigenvalue weighted by atomic mass is 9.87. The van der Waals surface area contributed by atoms with E-state index >= 15 is 0 Å². The second-order valence-electron chi connectivity index (χ2n) is 6.44. The highest BCUT2D eigenvalue weighted by atomic mass is 16.5. The van der Waals surface area contributed by atoms with E-state index in [1.54, 1.807) is 0 Å². The highest BCUT2D eigenvalue weighted by Crippen LogP contribution is 2.38. The summed E-state index contributed by atoms with van der Waals surface area (Å²) in [6.07, 6.45) is 3.96. The van der Waals surface area contributed by atoms with E-state index in [0.717, 1.165) is 25.2 Å². The molecule has 0 aromatic heterocycles. The fourth-order valence-electron chi connectivity index (χ4n) is 2.92. The molecule has 0 N–H and O–H groups in total. The Hall–Kier alpha value is -1.31. The minimum Gasteiger partial charge on any atom is -0.469 e. The molecule has 0 saturated carbocycles. The first-order valence-corrected chi connectivity index (χ1v) is 7.14. The molecule has 1 aromatic rings. The number of hydrogen-bond acceptors (Lipinski definition) is 2. The zero-order valence-electron chi connectivity index (χ0n) is 12.5. The summed E-state index contributed by atoms with van der Waals surface area (Å²) in [6.45, 7) is 6.51. The van der Waals surface area contributed by atoms with Crippen LogP contribution in [0, 0.1) is 11.3 Å². The van der Waals surface area contributed by atoms with Gasteiger partial charge in [0.1, 0.15) is 0 Å². The minimum absolute atomic E-state index is 0.0903. The maximum atomic E-state index is 11.9. The van der Waals surface area contributed by atoms with Crippen LogP contribution < -0.4 is 0 Å². The van der Waals surface area contributed by atoms with Crippen LogP contribution in [-0.2, 0) is 28.8 Å². The van der Waals surface area contributed by atoms with Gasteiger partial charge in [0.15, 0.2) is 0 Å². The van der Waals surface area contributed by atoms with Crippen molar-refractivity contribution in [1.82, 2.24) is 0 Å². The molecule has 0 bridgehead atoms. The first-order chi connectivity index (χ1) is 8.94. The van der Waals surface area contributed by atoms with Gasteiger partial charge in [-0.25, -0.2) is 0 Å². The summed E-state index contributed by atoms with van der Waals surface area (Å²) in [5.41, 5.74) is 3.66. The summed E-state index contributed by atoms with van der Waals surface area (Å²) >= 11 is 0. The second-order valence-corrected chi connectivity index (χ2v) is 6.44. The highest BCUT2D eigenvalue weighted by molar-refractivity contribution is 5.78. The van der Waals surface area contributed by atoms with Crippen LogP contribution in [0.25, 0.3) is 0 Å².